The van der Waals surface area contributed by atoms with Crippen LogP contribution in [0.25, 0.3) is 11.3 Å². The number of aromatic nitrogens is 3. The van der Waals surface area contributed by atoms with Gasteiger partial charge < -0.3 is 9.88 Å². The Morgan fingerprint density at radius 2 is 1.91 bits per heavy atom. The van der Waals surface area contributed by atoms with E-state index in [1.54, 1.807) is 0 Å². The molecule has 1 N–H and O–H groups in total. The van der Waals surface area contributed by atoms with Crippen LogP contribution in [0, 0.1) is 0 Å². The van der Waals surface area contributed by atoms with E-state index in [0.29, 0.717) is 6.07 Å². The standard InChI is InChI=1S/C21H19F3N4O3S/c1-32(30,31)20-26-17(10-18(27-20)21(22,23)24)15-5-7-19(29)28(12-15)11-13-4-6-16-14(9-13)3-2-8-25-16/h4-7,9-10,12,25H,2-3,8,11H2,1H3. The van der Waals surface area contributed by atoms with E-state index in [2.05, 4.69) is 15.3 Å². The topological polar surface area (TPSA) is 94.0 Å². The van der Waals surface area contributed by atoms with Gasteiger partial charge in [0.25, 0.3) is 5.56 Å². The van der Waals surface area contributed by atoms with Crippen LogP contribution >= 0.6 is 0 Å². The van der Waals surface area contributed by atoms with E-state index < -0.39 is 26.9 Å². The van der Waals surface area contributed by atoms with Gasteiger partial charge in [0.2, 0.25) is 15.0 Å². The zero-order valence-electron chi connectivity index (χ0n) is 17.0. The minimum atomic E-state index is -4.86. The number of sulfone groups is 1. The second kappa shape index (κ2) is 8.05. The summed E-state index contributed by atoms with van der Waals surface area (Å²) in [5.74, 6) is 0. The Morgan fingerprint density at radius 1 is 1.12 bits per heavy atom. The van der Waals surface area contributed by atoms with Gasteiger partial charge in [0, 0.05) is 36.3 Å². The number of nitrogens with one attached hydrogen (secondary N) is 1. The molecule has 7 nitrogen and oxygen atoms in total. The molecular formula is C21H19F3N4O3S. The number of anilines is 1. The third-order valence-corrected chi connectivity index (χ3v) is 5.91. The fraction of sp³-hybridized carbons (Fsp3) is 0.286. The summed E-state index contributed by atoms with van der Waals surface area (Å²) < 4.78 is 64.8. The van der Waals surface area contributed by atoms with Crippen LogP contribution in [0.15, 0.2) is 52.5 Å². The van der Waals surface area contributed by atoms with Gasteiger partial charge in [-0.1, -0.05) is 12.1 Å². The SMILES string of the molecule is CS(=O)(=O)c1nc(-c2ccc(=O)n(Cc3ccc4c(c3)CCCN4)c2)cc(C(F)(F)F)n1. The molecule has 0 bridgehead atoms. The molecule has 0 radical (unpaired) electrons. The molecular weight excluding hydrogens is 445 g/mol. The zero-order valence-corrected chi connectivity index (χ0v) is 17.8. The van der Waals surface area contributed by atoms with Gasteiger partial charge in [-0.2, -0.15) is 13.2 Å². The molecule has 2 aromatic heterocycles. The first kappa shape index (κ1) is 22.0. The third-order valence-electron chi connectivity index (χ3n) is 5.07. The molecule has 0 saturated carbocycles. The second-order valence-electron chi connectivity index (χ2n) is 7.60. The maximum absolute atomic E-state index is 13.3. The maximum Gasteiger partial charge on any atom is 0.433 e. The number of rotatable bonds is 4. The van der Waals surface area contributed by atoms with Crippen molar-refractivity contribution in [2.75, 3.05) is 18.1 Å². The Hall–Kier alpha value is -3.21. The lowest BCUT2D eigenvalue weighted by atomic mass is 10.0. The van der Waals surface area contributed by atoms with E-state index in [9.17, 15) is 26.4 Å². The van der Waals surface area contributed by atoms with Gasteiger partial charge in [-0.3, -0.25) is 4.79 Å². The average Bonchev–Trinajstić information content (AvgIpc) is 2.73. The summed E-state index contributed by atoms with van der Waals surface area (Å²) in [6.07, 6.45) is -0.834. The summed E-state index contributed by atoms with van der Waals surface area (Å²) in [7, 11) is -4.09. The summed E-state index contributed by atoms with van der Waals surface area (Å²) in [4.78, 5) is 19.3. The highest BCUT2D eigenvalue weighted by molar-refractivity contribution is 7.90. The molecule has 32 heavy (non-hydrogen) atoms. The van der Waals surface area contributed by atoms with Crippen LogP contribution in [-0.4, -0.2) is 35.8 Å². The third kappa shape index (κ3) is 4.67. The Balaban J connectivity index is 1.75. The lowest BCUT2D eigenvalue weighted by molar-refractivity contribution is -0.141. The van der Waals surface area contributed by atoms with Crippen molar-refractivity contribution in [3.05, 3.63) is 69.8 Å². The van der Waals surface area contributed by atoms with Crippen LogP contribution in [0.4, 0.5) is 18.9 Å². The average molecular weight is 464 g/mol. The van der Waals surface area contributed by atoms with Gasteiger partial charge in [-0.15, -0.1) is 0 Å². The molecule has 4 rings (SSSR count). The van der Waals surface area contributed by atoms with Crippen molar-refractivity contribution in [1.82, 2.24) is 14.5 Å². The first-order chi connectivity index (χ1) is 15.0. The summed E-state index contributed by atoms with van der Waals surface area (Å²) in [5, 5.41) is 2.38. The number of pyridine rings is 1. The predicted molar refractivity (Wildman–Crippen MR) is 112 cm³/mol. The number of benzene rings is 1. The minimum absolute atomic E-state index is 0.169. The van der Waals surface area contributed by atoms with E-state index in [0.717, 1.165) is 42.5 Å². The van der Waals surface area contributed by atoms with E-state index in [-0.39, 0.29) is 23.4 Å². The quantitative estimate of drug-likeness (QED) is 0.597. The van der Waals surface area contributed by atoms with Crippen LogP contribution in [0.1, 0.15) is 23.2 Å². The first-order valence-electron chi connectivity index (χ1n) is 9.73. The van der Waals surface area contributed by atoms with Gasteiger partial charge in [0.15, 0.2) is 0 Å². The van der Waals surface area contributed by atoms with E-state index in [1.807, 2.05) is 18.2 Å². The molecule has 1 aliphatic heterocycles. The summed E-state index contributed by atoms with van der Waals surface area (Å²) in [6, 6.07) is 9.01. The molecule has 0 unspecified atom stereocenters. The molecule has 3 heterocycles. The molecule has 0 aliphatic carbocycles. The van der Waals surface area contributed by atoms with Crippen molar-refractivity contribution in [1.29, 1.82) is 0 Å². The number of halogens is 3. The van der Waals surface area contributed by atoms with Crippen molar-refractivity contribution in [2.45, 2.75) is 30.7 Å². The lowest BCUT2D eigenvalue weighted by Crippen LogP contribution is -2.20. The highest BCUT2D eigenvalue weighted by Gasteiger charge is 2.35. The van der Waals surface area contributed by atoms with E-state index in [4.69, 9.17) is 0 Å². The highest BCUT2D eigenvalue weighted by atomic mass is 32.2. The smallest absolute Gasteiger partial charge is 0.385 e. The van der Waals surface area contributed by atoms with Gasteiger partial charge in [0.05, 0.1) is 12.2 Å². The van der Waals surface area contributed by atoms with Gasteiger partial charge in [0.1, 0.15) is 5.69 Å². The highest BCUT2D eigenvalue weighted by Crippen LogP contribution is 2.31. The van der Waals surface area contributed by atoms with Crippen LogP contribution < -0.4 is 10.9 Å². The summed E-state index contributed by atoms with van der Waals surface area (Å²) in [5.41, 5.74) is 1.26. The van der Waals surface area contributed by atoms with Crippen molar-refractivity contribution < 1.29 is 21.6 Å². The number of fused-ring (bicyclic) bond motifs is 1. The number of hydrogen-bond donors (Lipinski definition) is 1. The molecule has 3 aromatic rings. The normalized spacial score (nSPS) is 14.0. The predicted octanol–water partition coefficient (Wildman–Crippen LogP) is 3.13. The fourth-order valence-electron chi connectivity index (χ4n) is 3.51. The largest absolute Gasteiger partial charge is 0.433 e. The lowest BCUT2D eigenvalue weighted by Gasteiger charge is -2.19. The Morgan fingerprint density at radius 3 is 2.62 bits per heavy atom. The van der Waals surface area contributed by atoms with Crippen LogP contribution in [0.3, 0.4) is 0 Å². The minimum Gasteiger partial charge on any atom is -0.385 e. The number of alkyl halides is 3. The summed E-state index contributed by atoms with van der Waals surface area (Å²) >= 11 is 0. The van der Waals surface area contributed by atoms with Gasteiger partial charge >= 0.3 is 6.18 Å². The maximum atomic E-state index is 13.3. The molecule has 1 aromatic carbocycles. The Kier molecular flexibility index (Phi) is 5.53. The molecule has 0 saturated heterocycles. The van der Waals surface area contributed by atoms with Gasteiger partial charge in [-0.25, -0.2) is 18.4 Å². The van der Waals surface area contributed by atoms with E-state index >= 15 is 0 Å². The monoisotopic (exact) mass is 464 g/mol. The van der Waals surface area contributed by atoms with Gasteiger partial charge in [-0.05, 0) is 42.2 Å². The Labute approximate surface area is 181 Å². The zero-order chi connectivity index (χ0) is 23.1. The number of aryl methyl sites for hydroxylation is 1. The van der Waals surface area contributed by atoms with Crippen molar-refractivity contribution >= 4 is 15.5 Å². The van der Waals surface area contributed by atoms with Crippen molar-refractivity contribution in [3.8, 4) is 11.3 Å². The molecule has 168 valence electrons. The second-order valence-corrected chi connectivity index (χ2v) is 9.51. The molecule has 0 amide bonds. The first-order valence-corrected chi connectivity index (χ1v) is 11.6. The molecule has 0 atom stereocenters. The fourth-order valence-corrected chi connectivity index (χ4v) is 4.04. The number of hydrogen-bond acceptors (Lipinski definition) is 6. The molecule has 0 fully saturated rings. The van der Waals surface area contributed by atoms with E-state index in [1.165, 1.54) is 22.9 Å². The number of nitrogens with zero attached hydrogens (tertiary/aromatic N) is 3. The van der Waals surface area contributed by atoms with Crippen molar-refractivity contribution in [2.24, 2.45) is 0 Å². The Bertz CT molecular complexity index is 1350. The van der Waals surface area contributed by atoms with Crippen LogP contribution in [-0.2, 0) is 29.0 Å². The van der Waals surface area contributed by atoms with Crippen LogP contribution in [0.2, 0.25) is 0 Å². The molecule has 11 heteroatoms. The van der Waals surface area contributed by atoms with Crippen molar-refractivity contribution in [3.63, 3.8) is 0 Å². The molecule has 1 aliphatic rings. The summed E-state index contributed by atoms with van der Waals surface area (Å²) in [6.45, 7) is 1.11. The molecule has 0 spiro atoms. The van der Waals surface area contributed by atoms with Crippen LogP contribution in [0.5, 0.6) is 0 Å².